The number of nitro groups is 1. The van der Waals surface area contributed by atoms with Gasteiger partial charge >= 0.3 is 0 Å². The molecule has 1 N–H and O–H groups in total. The van der Waals surface area contributed by atoms with Gasteiger partial charge in [0.1, 0.15) is 18.1 Å². The van der Waals surface area contributed by atoms with Gasteiger partial charge in [0.25, 0.3) is 5.69 Å². The van der Waals surface area contributed by atoms with Crippen LogP contribution in [0.4, 0.5) is 11.5 Å². The van der Waals surface area contributed by atoms with Gasteiger partial charge in [-0.25, -0.2) is 4.98 Å². The van der Waals surface area contributed by atoms with E-state index in [1.807, 2.05) is 4.90 Å². The number of carbonyl (C=O) groups excluding carboxylic acids is 1. The number of pyridine rings is 1. The summed E-state index contributed by atoms with van der Waals surface area (Å²) in [7, 11) is 0. The third-order valence-corrected chi connectivity index (χ3v) is 3.67. The number of nitrogens with one attached hydrogen (secondary N) is 1. The summed E-state index contributed by atoms with van der Waals surface area (Å²) in [5.41, 5.74) is 0.607. The van der Waals surface area contributed by atoms with Crippen molar-refractivity contribution in [3.05, 3.63) is 27.9 Å². The second kappa shape index (κ2) is 6.51. The molecule has 0 saturated carbocycles. The number of aryl methyl sites for hydroxylation is 1. The van der Waals surface area contributed by atoms with Gasteiger partial charge < -0.3 is 10.2 Å². The number of hydrogen-bond donors (Lipinski definition) is 1. The number of rotatable bonds is 4. The predicted octanol–water partition coefficient (Wildman–Crippen LogP) is 2.11. The number of likely N-dealkylation sites (tertiary alicyclic amines) is 1. The molecule has 0 spiro atoms. The molecule has 114 valence electrons. The smallest absolute Gasteiger partial charge is 0.287 e. The van der Waals surface area contributed by atoms with Crippen molar-refractivity contribution in [2.45, 2.75) is 39.2 Å². The van der Waals surface area contributed by atoms with Crippen molar-refractivity contribution < 1.29 is 9.72 Å². The summed E-state index contributed by atoms with van der Waals surface area (Å²) in [6.07, 6.45) is 4.47. The maximum atomic E-state index is 12.3. The molecule has 1 atom stereocenters. The van der Waals surface area contributed by atoms with Crippen molar-refractivity contribution in [1.82, 2.24) is 9.88 Å². The Kier molecular flexibility index (Phi) is 4.72. The minimum Gasteiger partial charge on any atom is -0.358 e. The maximum Gasteiger partial charge on any atom is 0.287 e. The monoisotopic (exact) mass is 292 g/mol. The molecule has 0 bridgehead atoms. The molecule has 2 heterocycles. The Bertz CT molecular complexity index is 541. The van der Waals surface area contributed by atoms with Gasteiger partial charge in [-0.05, 0) is 38.7 Å². The van der Waals surface area contributed by atoms with Crippen LogP contribution in [0.2, 0.25) is 0 Å². The van der Waals surface area contributed by atoms with E-state index in [2.05, 4.69) is 10.3 Å². The molecule has 2 rings (SSSR count). The number of hydrogen-bond acceptors (Lipinski definition) is 5. The quantitative estimate of drug-likeness (QED) is 0.678. The summed E-state index contributed by atoms with van der Waals surface area (Å²) in [6, 6.07) is 1.06. The van der Waals surface area contributed by atoms with E-state index < -0.39 is 11.0 Å². The molecule has 21 heavy (non-hydrogen) atoms. The molecule has 0 aliphatic carbocycles. The minimum absolute atomic E-state index is 0.0481. The van der Waals surface area contributed by atoms with Crippen LogP contribution in [0, 0.1) is 17.0 Å². The Hall–Kier alpha value is -2.18. The highest BCUT2D eigenvalue weighted by Crippen LogP contribution is 2.19. The Labute approximate surface area is 123 Å². The van der Waals surface area contributed by atoms with Crippen LogP contribution in [0.15, 0.2) is 12.3 Å². The summed E-state index contributed by atoms with van der Waals surface area (Å²) in [5.74, 6) is 0.563. The molecule has 0 radical (unpaired) electrons. The van der Waals surface area contributed by atoms with Gasteiger partial charge in [0.2, 0.25) is 5.91 Å². The van der Waals surface area contributed by atoms with Gasteiger partial charge in [-0.2, -0.15) is 0 Å². The van der Waals surface area contributed by atoms with Crippen LogP contribution in [0.5, 0.6) is 0 Å². The fourth-order valence-corrected chi connectivity index (χ4v) is 2.47. The molecule has 1 aromatic heterocycles. The molecular formula is C14H20N4O3. The topological polar surface area (TPSA) is 88.4 Å². The highest BCUT2D eigenvalue weighted by Gasteiger charge is 2.23. The Morgan fingerprint density at radius 3 is 2.67 bits per heavy atom. The predicted molar refractivity (Wildman–Crippen MR) is 79.1 cm³/mol. The standard InChI is InChI=1S/C14H20N4O3/c1-10-8-12(18(20)21)9-15-13(10)16-11(2)14(19)17-6-4-3-5-7-17/h8-9,11H,3-7H2,1-2H3,(H,15,16). The van der Waals surface area contributed by atoms with Crippen molar-refractivity contribution in [2.24, 2.45) is 0 Å². The third kappa shape index (κ3) is 3.68. The van der Waals surface area contributed by atoms with E-state index in [4.69, 9.17) is 0 Å². The zero-order chi connectivity index (χ0) is 15.4. The molecule has 1 unspecified atom stereocenters. The molecule has 1 fully saturated rings. The number of piperidine rings is 1. The molecule has 1 aliphatic rings. The highest BCUT2D eigenvalue weighted by molar-refractivity contribution is 5.84. The minimum atomic E-state index is -0.480. The number of anilines is 1. The zero-order valence-corrected chi connectivity index (χ0v) is 12.3. The largest absolute Gasteiger partial charge is 0.358 e. The van der Waals surface area contributed by atoms with Crippen molar-refractivity contribution >= 4 is 17.4 Å². The molecule has 7 heteroatoms. The normalized spacial score (nSPS) is 16.4. The maximum absolute atomic E-state index is 12.3. The van der Waals surface area contributed by atoms with Gasteiger partial charge in [-0.3, -0.25) is 14.9 Å². The summed E-state index contributed by atoms with van der Waals surface area (Å²) < 4.78 is 0. The first-order valence-corrected chi connectivity index (χ1v) is 7.15. The van der Waals surface area contributed by atoms with E-state index in [1.165, 1.54) is 18.7 Å². The molecule has 1 saturated heterocycles. The fourth-order valence-electron chi connectivity index (χ4n) is 2.47. The van der Waals surface area contributed by atoms with E-state index in [1.54, 1.807) is 13.8 Å². The number of nitrogens with zero attached hydrogens (tertiary/aromatic N) is 3. The molecule has 7 nitrogen and oxygen atoms in total. The van der Waals surface area contributed by atoms with Gasteiger partial charge in [-0.1, -0.05) is 0 Å². The van der Waals surface area contributed by atoms with Gasteiger partial charge in [-0.15, -0.1) is 0 Å². The number of aromatic nitrogens is 1. The molecule has 1 amide bonds. The van der Waals surface area contributed by atoms with Crippen LogP contribution < -0.4 is 5.32 Å². The zero-order valence-electron chi connectivity index (χ0n) is 12.3. The molecule has 0 aromatic carbocycles. The van der Waals surface area contributed by atoms with E-state index in [9.17, 15) is 14.9 Å². The summed E-state index contributed by atoms with van der Waals surface area (Å²) in [6.45, 7) is 5.13. The summed E-state index contributed by atoms with van der Waals surface area (Å²) in [5, 5.41) is 13.7. The average Bonchev–Trinajstić information content (AvgIpc) is 2.49. The van der Waals surface area contributed by atoms with Gasteiger partial charge in [0, 0.05) is 19.2 Å². The lowest BCUT2D eigenvalue weighted by atomic mass is 10.1. The third-order valence-electron chi connectivity index (χ3n) is 3.67. The van der Waals surface area contributed by atoms with E-state index >= 15 is 0 Å². The van der Waals surface area contributed by atoms with Crippen molar-refractivity contribution in [3.63, 3.8) is 0 Å². The number of amides is 1. The Balaban J connectivity index is 2.03. The lowest BCUT2D eigenvalue weighted by Crippen LogP contribution is -2.44. The first-order valence-electron chi connectivity index (χ1n) is 7.15. The Morgan fingerprint density at radius 1 is 1.43 bits per heavy atom. The summed E-state index contributed by atoms with van der Waals surface area (Å²) >= 11 is 0. The molecule has 1 aromatic rings. The van der Waals surface area contributed by atoms with Gasteiger partial charge in [0.05, 0.1) is 4.92 Å². The van der Waals surface area contributed by atoms with Crippen LogP contribution in [0.25, 0.3) is 0 Å². The van der Waals surface area contributed by atoms with Crippen molar-refractivity contribution in [3.8, 4) is 0 Å². The second-order valence-electron chi connectivity index (χ2n) is 5.37. The lowest BCUT2D eigenvalue weighted by Gasteiger charge is -2.29. The summed E-state index contributed by atoms with van der Waals surface area (Å²) in [4.78, 5) is 28.4. The van der Waals surface area contributed by atoms with E-state index in [0.717, 1.165) is 25.9 Å². The van der Waals surface area contributed by atoms with Crippen molar-refractivity contribution in [2.75, 3.05) is 18.4 Å². The Morgan fingerprint density at radius 2 is 2.10 bits per heavy atom. The van der Waals surface area contributed by atoms with E-state index in [0.29, 0.717) is 11.4 Å². The highest BCUT2D eigenvalue weighted by atomic mass is 16.6. The van der Waals surface area contributed by atoms with E-state index in [-0.39, 0.29) is 11.6 Å². The lowest BCUT2D eigenvalue weighted by molar-refractivity contribution is -0.385. The number of carbonyl (C=O) groups is 1. The van der Waals surface area contributed by atoms with Crippen LogP contribution in [-0.4, -0.2) is 39.8 Å². The first kappa shape index (κ1) is 15.2. The van der Waals surface area contributed by atoms with Crippen molar-refractivity contribution in [1.29, 1.82) is 0 Å². The average molecular weight is 292 g/mol. The van der Waals surface area contributed by atoms with Gasteiger partial charge in [0.15, 0.2) is 0 Å². The van der Waals surface area contributed by atoms with Crippen LogP contribution in [0.3, 0.4) is 0 Å². The first-order chi connectivity index (χ1) is 9.99. The molecule has 1 aliphatic heterocycles. The van der Waals surface area contributed by atoms with Crippen LogP contribution >= 0.6 is 0 Å². The second-order valence-corrected chi connectivity index (χ2v) is 5.37. The molecular weight excluding hydrogens is 272 g/mol. The van der Waals surface area contributed by atoms with Crippen LogP contribution in [0.1, 0.15) is 31.7 Å². The fraction of sp³-hybridized carbons (Fsp3) is 0.571. The SMILES string of the molecule is Cc1cc([N+](=O)[O-])cnc1NC(C)C(=O)N1CCCCC1. The van der Waals surface area contributed by atoms with Crippen LogP contribution in [-0.2, 0) is 4.79 Å².